The Balaban J connectivity index is 0.923. The van der Waals surface area contributed by atoms with E-state index in [0.29, 0.717) is 0 Å². The minimum absolute atomic E-state index is 1.15. The van der Waals surface area contributed by atoms with E-state index in [0.717, 1.165) is 11.4 Å². The van der Waals surface area contributed by atoms with Crippen LogP contribution in [0.2, 0.25) is 0 Å². The lowest BCUT2D eigenvalue weighted by Crippen LogP contribution is -2.77. The Kier molecular flexibility index (Phi) is 9.15. The van der Waals surface area contributed by atoms with Gasteiger partial charge in [-0.15, -0.1) is 0 Å². The van der Waals surface area contributed by atoms with E-state index >= 15 is 0 Å². The summed E-state index contributed by atoms with van der Waals surface area (Å²) in [6.45, 7) is 0. The minimum Gasteiger partial charge on any atom is -0.311 e. The molecule has 3 heterocycles. The lowest BCUT2D eigenvalue weighted by atomic mass is 9.91. The monoisotopic (exact) mass is 1010 g/mol. The van der Waals surface area contributed by atoms with E-state index in [2.05, 4.69) is 299 Å². The fraction of sp³-hybridized carbons (Fsp3) is 0. The zero-order valence-corrected chi connectivity index (χ0v) is 43.5. The van der Waals surface area contributed by atoms with Gasteiger partial charge in [-0.05, 0) is 132 Å². The molecule has 17 rings (SSSR count). The van der Waals surface area contributed by atoms with E-state index in [1.165, 1.54) is 136 Å². The topological polar surface area (TPSA) is 13.1 Å². The predicted octanol–water partition coefficient (Wildman–Crippen LogP) is 16.8. The van der Waals surface area contributed by atoms with Gasteiger partial charge in [0.05, 0.1) is 27.8 Å². The Bertz CT molecular complexity index is 5050. The average molecular weight is 1010 g/mol. The molecular formula is C74H47N3Si. The van der Waals surface area contributed by atoms with Gasteiger partial charge in [0, 0.05) is 60.5 Å². The second-order valence-corrected chi connectivity index (χ2v) is 24.9. The molecule has 0 radical (unpaired) electrons. The van der Waals surface area contributed by atoms with Crippen LogP contribution in [0.15, 0.2) is 285 Å². The number of benzene rings is 14. The molecule has 3 nitrogen and oxygen atoms in total. The maximum absolute atomic E-state index is 2.97. The van der Waals surface area contributed by atoms with Crippen LogP contribution in [0.5, 0.6) is 0 Å². The predicted molar refractivity (Wildman–Crippen MR) is 334 cm³/mol. The number of hydrogen-bond donors (Lipinski definition) is 0. The molecule has 0 saturated heterocycles. The van der Waals surface area contributed by atoms with Crippen LogP contribution in [0.1, 0.15) is 0 Å². The normalized spacial score (nSPS) is 13.2. The van der Waals surface area contributed by atoms with Gasteiger partial charge in [-0.1, -0.05) is 212 Å². The van der Waals surface area contributed by atoms with Crippen LogP contribution in [0.25, 0.3) is 109 Å². The summed E-state index contributed by atoms with van der Waals surface area (Å²) in [5, 5.41) is 20.5. The molecule has 0 N–H and O–H groups in total. The molecule has 0 fully saturated rings. The molecule has 362 valence electrons. The summed E-state index contributed by atoms with van der Waals surface area (Å²) < 4.78 is 5.03. The third-order valence-electron chi connectivity index (χ3n) is 17.2. The number of anilines is 3. The van der Waals surface area contributed by atoms with Crippen LogP contribution in [0.3, 0.4) is 0 Å². The summed E-state index contributed by atoms with van der Waals surface area (Å²) in [5.74, 6) is 0. The Morgan fingerprint density at radius 1 is 0.256 bits per heavy atom. The largest absolute Gasteiger partial charge is 0.311 e. The number of para-hydroxylation sites is 4. The van der Waals surface area contributed by atoms with Crippen molar-refractivity contribution in [2.75, 3.05) is 4.90 Å². The Morgan fingerprint density at radius 2 is 0.846 bits per heavy atom. The molecule has 14 aromatic carbocycles. The molecule has 1 aliphatic heterocycles. The van der Waals surface area contributed by atoms with Gasteiger partial charge in [0.2, 0.25) is 0 Å². The molecule has 0 unspecified atom stereocenters. The van der Waals surface area contributed by atoms with E-state index in [4.69, 9.17) is 0 Å². The van der Waals surface area contributed by atoms with E-state index in [1.54, 1.807) is 0 Å². The van der Waals surface area contributed by atoms with Gasteiger partial charge in [-0.25, -0.2) is 0 Å². The van der Waals surface area contributed by atoms with Gasteiger partial charge in [-0.2, -0.15) is 0 Å². The Hall–Kier alpha value is -10.0. The average Bonchev–Trinajstić information content (AvgIpc) is 3.69. The molecule has 0 aliphatic carbocycles. The second kappa shape index (κ2) is 16.5. The molecule has 1 aliphatic rings. The molecule has 0 amide bonds. The maximum Gasteiger partial charge on any atom is 0.184 e. The quantitative estimate of drug-likeness (QED) is 0.120. The van der Waals surface area contributed by atoms with Crippen LogP contribution in [-0.2, 0) is 0 Å². The van der Waals surface area contributed by atoms with Crippen LogP contribution in [0, 0.1) is 0 Å². The molecule has 0 atom stereocenters. The van der Waals surface area contributed by atoms with Gasteiger partial charge in [-0.3, -0.25) is 0 Å². The summed E-state index contributed by atoms with van der Waals surface area (Å²) in [5.41, 5.74) is 13.2. The van der Waals surface area contributed by atoms with Crippen LogP contribution in [-0.4, -0.2) is 17.2 Å². The van der Waals surface area contributed by atoms with E-state index in [9.17, 15) is 0 Å². The first-order valence-corrected chi connectivity index (χ1v) is 29.1. The molecule has 0 bridgehead atoms. The van der Waals surface area contributed by atoms with Gasteiger partial charge < -0.3 is 14.0 Å². The summed E-state index contributed by atoms with van der Waals surface area (Å²) in [6, 6.07) is 107. The van der Waals surface area contributed by atoms with Crippen molar-refractivity contribution in [1.82, 2.24) is 9.13 Å². The van der Waals surface area contributed by atoms with E-state index in [1.807, 2.05) is 0 Å². The summed E-state index contributed by atoms with van der Waals surface area (Å²) >= 11 is 0. The van der Waals surface area contributed by atoms with Crippen molar-refractivity contribution in [2.24, 2.45) is 0 Å². The van der Waals surface area contributed by atoms with Crippen LogP contribution < -0.4 is 25.6 Å². The maximum atomic E-state index is 2.56. The third-order valence-corrected chi connectivity index (χ3v) is 22.1. The van der Waals surface area contributed by atoms with Crippen molar-refractivity contribution in [3.05, 3.63) is 285 Å². The molecule has 2 aromatic heterocycles. The Labute approximate surface area is 451 Å². The number of rotatable bonds is 6. The van der Waals surface area contributed by atoms with E-state index < -0.39 is 8.07 Å². The summed E-state index contributed by atoms with van der Waals surface area (Å²) in [7, 11) is -2.97. The lowest BCUT2D eigenvalue weighted by Gasteiger charge is -2.45. The van der Waals surface area contributed by atoms with Crippen molar-refractivity contribution in [3.63, 3.8) is 0 Å². The fourth-order valence-corrected chi connectivity index (χ4v) is 19.1. The van der Waals surface area contributed by atoms with Gasteiger partial charge in [0.1, 0.15) is 0 Å². The van der Waals surface area contributed by atoms with Gasteiger partial charge in [0.15, 0.2) is 8.07 Å². The Morgan fingerprint density at radius 3 is 1.64 bits per heavy atom. The second-order valence-electron chi connectivity index (χ2n) is 21.2. The van der Waals surface area contributed by atoms with Gasteiger partial charge >= 0.3 is 0 Å². The van der Waals surface area contributed by atoms with Crippen molar-refractivity contribution >= 4 is 133 Å². The van der Waals surface area contributed by atoms with Crippen LogP contribution in [0.4, 0.5) is 17.1 Å². The third kappa shape index (κ3) is 5.98. The zero-order chi connectivity index (χ0) is 51.1. The first-order chi connectivity index (χ1) is 38.7. The smallest absolute Gasteiger partial charge is 0.184 e. The number of aromatic nitrogens is 2. The van der Waals surface area contributed by atoms with Crippen molar-refractivity contribution in [1.29, 1.82) is 0 Å². The summed E-state index contributed by atoms with van der Waals surface area (Å²) in [4.78, 5) is 2.53. The summed E-state index contributed by atoms with van der Waals surface area (Å²) in [6.07, 6.45) is 0. The number of nitrogens with zero attached hydrogens (tertiary/aromatic N) is 3. The SMILES string of the molecule is c1ccc(-n2c3ccccc3c3cc4c(-n5c6ccccc6c6cc(-c7ccc8c(c7)[Si](c7ccccc7)(c7ccccc7)c7ccccc7N8c7ccc8ccccc8c7)ccc65)cc5cccc6ccc(c4c65)c32)cc1. The van der Waals surface area contributed by atoms with E-state index in [-0.39, 0.29) is 0 Å². The van der Waals surface area contributed by atoms with Crippen molar-refractivity contribution in [3.8, 4) is 22.5 Å². The highest BCUT2D eigenvalue weighted by molar-refractivity contribution is 7.21. The number of hydrogen-bond acceptors (Lipinski definition) is 1. The highest BCUT2D eigenvalue weighted by Crippen LogP contribution is 2.47. The molecule has 0 spiro atoms. The van der Waals surface area contributed by atoms with Crippen LogP contribution >= 0.6 is 0 Å². The molecule has 0 saturated carbocycles. The molecule has 16 aromatic rings. The number of fused-ring (bicyclic) bond motifs is 10. The first kappa shape index (κ1) is 43.3. The highest BCUT2D eigenvalue weighted by atomic mass is 28.3. The zero-order valence-electron chi connectivity index (χ0n) is 42.5. The van der Waals surface area contributed by atoms with Crippen molar-refractivity contribution < 1.29 is 0 Å². The molecule has 4 heteroatoms. The standard InChI is InChI=1S/C74H47N3Si/c1-4-23-54(24-5-1)76-64-31-14-13-30-59(64)62-47-63-69(45-53-22-18-21-49-36-40-60(74(62)76)73(63)72(49)53)77-65-32-15-12-29-58(65)61-44-51(37-41-66(61)77)52-38-42-68-71(46-52)78(56-25-6-2-7-26-56,57-27-8-3-9-28-57)70-34-17-16-33-67(70)75(68)55-39-35-48-19-10-11-20-50(48)43-55/h1-47H. The molecular weight excluding hydrogens is 959 g/mol. The highest BCUT2D eigenvalue weighted by Gasteiger charge is 2.49. The lowest BCUT2D eigenvalue weighted by molar-refractivity contribution is 1.19. The fourth-order valence-electron chi connectivity index (χ4n) is 14.0. The van der Waals surface area contributed by atoms with Gasteiger partial charge in [0.25, 0.3) is 0 Å². The molecule has 78 heavy (non-hydrogen) atoms. The minimum atomic E-state index is -2.97. The first-order valence-electron chi connectivity index (χ1n) is 27.1. The van der Waals surface area contributed by atoms with Crippen molar-refractivity contribution in [2.45, 2.75) is 0 Å².